The minimum atomic E-state index is 0.00791. The van der Waals surface area contributed by atoms with E-state index in [-0.39, 0.29) is 5.91 Å². The van der Waals surface area contributed by atoms with E-state index in [9.17, 15) is 4.79 Å². The minimum absolute atomic E-state index is 0.00791. The van der Waals surface area contributed by atoms with Crippen LogP contribution < -0.4 is 5.73 Å². The van der Waals surface area contributed by atoms with Gasteiger partial charge in [0, 0.05) is 30.2 Å². The van der Waals surface area contributed by atoms with Gasteiger partial charge in [0.05, 0.1) is 0 Å². The Hall–Kier alpha value is -1.65. The van der Waals surface area contributed by atoms with Gasteiger partial charge >= 0.3 is 0 Å². The van der Waals surface area contributed by atoms with Crippen molar-refractivity contribution in [3.63, 3.8) is 0 Å². The van der Waals surface area contributed by atoms with Gasteiger partial charge in [-0.2, -0.15) is 0 Å². The molecule has 20 heavy (non-hydrogen) atoms. The van der Waals surface area contributed by atoms with Crippen molar-refractivity contribution in [2.75, 3.05) is 7.05 Å². The molecule has 2 aromatic carbocycles. The van der Waals surface area contributed by atoms with E-state index in [1.165, 1.54) is 0 Å². The average molecular weight is 333 g/mol. The maximum Gasteiger partial charge on any atom is 0.253 e. The molecule has 0 aromatic heterocycles. The lowest BCUT2D eigenvalue weighted by atomic mass is 10.1. The Morgan fingerprint density at radius 1 is 1.15 bits per heavy atom. The van der Waals surface area contributed by atoms with Gasteiger partial charge in [0.25, 0.3) is 5.91 Å². The first-order valence-corrected chi connectivity index (χ1v) is 7.18. The van der Waals surface area contributed by atoms with E-state index in [0.29, 0.717) is 18.7 Å². The third-order valence-corrected chi connectivity index (χ3v) is 3.59. The zero-order valence-electron chi connectivity index (χ0n) is 11.3. The van der Waals surface area contributed by atoms with Crippen LogP contribution >= 0.6 is 15.9 Å². The average Bonchev–Trinajstić information content (AvgIpc) is 2.46. The van der Waals surface area contributed by atoms with Crippen molar-refractivity contribution < 1.29 is 4.79 Å². The molecule has 0 fully saturated rings. The summed E-state index contributed by atoms with van der Waals surface area (Å²) in [6, 6.07) is 15.4. The van der Waals surface area contributed by atoms with Crippen molar-refractivity contribution in [1.82, 2.24) is 4.90 Å². The van der Waals surface area contributed by atoms with Gasteiger partial charge in [-0.15, -0.1) is 0 Å². The number of amides is 1. The van der Waals surface area contributed by atoms with Crippen molar-refractivity contribution in [3.05, 3.63) is 69.7 Å². The number of carbonyl (C=O) groups is 1. The molecule has 2 rings (SSSR count). The third-order valence-electron chi connectivity index (χ3n) is 3.09. The SMILES string of the molecule is CN(Cc1cccc(Br)c1)C(=O)c1ccc(CN)cc1. The molecule has 0 spiro atoms. The monoisotopic (exact) mass is 332 g/mol. The highest BCUT2D eigenvalue weighted by molar-refractivity contribution is 9.10. The lowest BCUT2D eigenvalue weighted by molar-refractivity contribution is 0.0785. The van der Waals surface area contributed by atoms with Crippen LogP contribution in [-0.2, 0) is 13.1 Å². The molecule has 3 nitrogen and oxygen atoms in total. The molecular formula is C16H17BrN2O. The molecule has 0 bridgehead atoms. The zero-order valence-corrected chi connectivity index (χ0v) is 12.9. The normalized spacial score (nSPS) is 10.3. The lowest BCUT2D eigenvalue weighted by Gasteiger charge is -2.17. The Kier molecular flexibility index (Phi) is 4.93. The van der Waals surface area contributed by atoms with Gasteiger partial charge in [-0.1, -0.05) is 40.2 Å². The van der Waals surface area contributed by atoms with Gasteiger partial charge < -0.3 is 10.6 Å². The first-order valence-electron chi connectivity index (χ1n) is 6.39. The van der Waals surface area contributed by atoms with Crippen LogP contribution in [0.4, 0.5) is 0 Å². The Balaban J connectivity index is 2.07. The second-order valence-electron chi connectivity index (χ2n) is 4.69. The van der Waals surface area contributed by atoms with E-state index in [4.69, 9.17) is 5.73 Å². The van der Waals surface area contributed by atoms with Crippen LogP contribution in [0.5, 0.6) is 0 Å². The van der Waals surface area contributed by atoms with E-state index in [2.05, 4.69) is 15.9 Å². The van der Waals surface area contributed by atoms with Crippen LogP contribution in [0.3, 0.4) is 0 Å². The molecule has 0 heterocycles. The largest absolute Gasteiger partial charge is 0.337 e. The summed E-state index contributed by atoms with van der Waals surface area (Å²) < 4.78 is 1.02. The number of nitrogens with zero attached hydrogens (tertiary/aromatic N) is 1. The molecule has 4 heteroatoms. The molecule has 0 saturated heterocycles. The van der Waals surface area contributed by atoms with Crippen molar-refractivity contribution in [2.24, 2.45) is 5.73 Å². The molecular weight excluding hydrogens is 316 g/mol. The maximum atomic E-state index is 12.3. The van der Waals surface area contributed by atoms with Gasteiger partial charge in [0.2, 0.25) is 0 Å². The predicted octanol–water partition coefficient (Wildman–Crippen LogP) is 3.18. The molecule has 2 N–H and O–H groups in total. The molecule has 0 saturated carbocycles. The second-order valence-corrected chi connectivity index (χ2v) is 5.61. The summed E-state index contributed by atoms with van der Waals surface area (Å²) in [7, 11) is 1.81. The summed E-state index contributed by atoms with van der Waals surface area (Å²) in [5.41, 5.74) is 8.35. The van der Waals surface area contributed by atoms with E-state index in [1.54, 1.807) is 11.9 Å². The molecule has 104 valence electrons. The maximum absolute atomic E-state index is 12.3. The van der Waals surface area contributed by atoms with Gasteiger partial charge in [-0.3, -0.25) is 4.79 Å². The van der Waals surface area contributed by atoms with Crippen LogP contribution in [0.2, 0.25) is 0 Å². The summed E-state index contributed by atoms with van der Waals surface area (Å²) >= 11 is 3.43. The minimum Gasteiger partial charge on any atom is -0.337 e. The Labute approximate surface area is 127 Å². The fraction of sp³-hybridized carbons (Fsp3) is 0.188. The number of nitrogens with two attached hydrogens (primary N) is 1. The Bertz CT molecular complexity index is 596. The summed E-state index contributed by atoms with van der Waals surface area (Å²) in [4.78, 5) is 14.0. The van der Waals surface area contributed by atoms with Crippen LogP contribution in [0.15, 0.2) is 53.0 Å². The molecule has 1 amide bonds. The Morgan fingerprint density at radius 3 is 2.45 bits per heavy atom. The van der Waals surface area contributed by atoms with Gasteiger partial charge in [-0.05, 0) is 35.4 Å². The van der Waals surface area contributed by atoms with Crippen molar-refractivity contribution in [1.29, 1.82) is 0 Å². The van der Waals surface area contributed by atoms with Crippen LogP contribution in [0.1, 0.15) is 21.5 Å². The van der Waals surface area contributed by atoms with Gasteiger partial charge in [0.15, 0.2) is 0 Å². The van der Waals surface area contributed by atoms with Crippen LogP contribution in [0.25, 0.3) is 0 Å². The zero-order chi connectivity index (χ0) is 14.5. The van der Waals surface area contributed by atoms with E-state index in [1.807, 2.05) is 48.5 Å². The van der Waals surface area contributed by atoms with E-state index < -0.39 is 0 Å². The first-order chi connectivity index (χ1) is 9.60. The molecule has 2 aromatic rings. The number of hydrogen-bond acceptors (Lipinski definition) is 2. The molecule has 0 unspecified atom stereocenters. The van der Waals surface area contributed by atoms with Gasteiger partial charge in [0.1, 0.15) is 0 Å². The molecule has 0 radical (unpaired) electrons. The van der Waals surface area contributed by atoms with E-state index in [0.717, 1.165) is 15.6 Å². The summed E-state index contributed by atoms with van der Waals surface area (Å²) in [6.07, 6.45) is 0. The van der Waals surface area contributed by atoms with Crippen molar-refractivity contribution in [3.8, 4) is 0 Å². The molecule has 0 aliphatic carbocycles. The topological polar surface area (TPSA) is 46.3 Å². The predicted molar refractivity (Wildman–Crippen MR) is 84.3 cm³/mol. The number of benzene rings is 2. The highest BCUT2D eigenvalue weighted by atomic mass is 79.9. The van der Waals surface area contributed by atoms with Crippen molar-refractivity contribution in [2.45, 2.75) is 13.1 Å². The molecule has 0 aliphatic rings. The fourth-order valence-corrected chi connectivity index (χ4v) is 2.43. The highest BCUT2D eigenvalue weighted by Crippen LogP contribution is 2.14. The van der Waals surface area contributed by atoms with E-state index >= 15 is 0 Å². The number of carbonyl (C=O) groups excluding carboxylic acids is 1. The molecule has 0 aliphatic heterocycles. The van der Waals surface area contributed by atoms with Crippen LogP contribution in [0, 0.1) is 0 Å². The summed E-state index contributed by atoms with van der Waals surface area (Å²) in [5, 5.41) is 0. The quantitative estimate of drug-likeness (QED) is 0.934. The summed E-state index contributed by atoms with van der Waals surface area (Å²) in [5.74, 6) is 0.00791. The number of halogens is 1. The van der Waals surface area contributed by atoms with Crippen LogP contribution in [-0.4, -0.2) is 17.9 Å². The lowest BCUT2D eigenvalue weighted by Crippen LogP contribution is -2.26. The Morgan fingerprint density at radius 2 is 1.85 bits per heavy atom. The second kappa shape index (κ2) is 6.68. The van der Waals surface area contributed by atoms with Crippen molar-refractivity contribution >= 4 is 21.8 Å². The fourth-order valence-electron chi connectivity index (χ4n) is 1.98. The highest BCUT2D eigenvalue weighted by Gasteiger charge is 2.11. The summed E-state index contributed by atoms with van der Waals surface area (Å²) in [6.45, 7) is 1.07. The smallest absolute Gasteiger partial charge is 0.253 e. The molecule has 0 atom stereocenters. The third kappa shape index (κ3) is 3.68. The van der Waals surface area contributed by atoms with Gasteiger partial charge in [-0.25, -0.2) is 0 Å². The number of rotatable bonds is 4. The number of hydrogen-bond donors (Lipinski definition) is 1. The standard InChI is InChI=1S/C16H17BrN2O/c1-19(11-13-3-2-4-15(17)9-13)16(20)14-7-5-12(10-18)6-8-14/h2-9H,10-11,18H2,1H3. The first kappa shape index (κ1) is 14.8.